The van der Waals surface area contributed by atoms with E-state index in [1.54, 1.807) is 6.07 Å². The maximum atomic E-state index is 5.70. The molecule has 0 amide bonds. The van der Waals surface area contributed by atoms with Crippen LogP contribution in [0.1, 0.15) is 11.1 Å². The zero-order valence-electron chi connectivity index (χ0n) is 10.7. The number of aryl methyl sites for hydroxylation is 1. The van der Waals surface area contributed by atoms with Crippen molar-refractivity contribution in [1.82, 2.24) is 4.98 Å². The number of oxazole rings is 1. The zero-order chi connectivity index (χ0) is 13.2. The van der Waals surface area contributed by atoms with Crippen LogP contribution in [-0.2, 0) is 6.54 Å². The highest BCUT2D eigenvalue weighted by molar-refractivity contribution is 5.78. The van der Waals surface area contributed by atoms with E-state index in [0.717, 1.165) is 5.52 Å². The number of nitrogens with two attached hydrogens (primary N) is 1. The van der Waals surface area contributed by atoms with E-state index in [4.69, 9.17) is 10.2 Å². The SMILES string of the molecule is Cc1ccc(CNc2nc3ccc(N)cc3o2)cc1. The standard InChI is InChI=1S/C15H15N3O/c1-10-2-4-11(5-3-10)9-17-15-18-13-7-6-12(16)8-14(13)19-15/h2-8H,9,16H2,1H3,(H,17,18). The van der Waals surface area contributed by atoms with Gasteiger partial charge < -0.3 is 15.5 Å². The summed E-state index contributed by atoms with van der Waals surface area (Å²) in [5, 5.41) is 3.17. The van der Waals surface area contributed by atoms with Crippen LogP contribution in [0.3, 0.4) is 0 Å². The number of rotatable bonds is 3. The summed E-state index contributed by atoms with van der Waals surface area (Å²) in [6.07, 6.45) is 0. The van der Waals surface area contributed by atoms with Crippen molar-refractivity contribution < 1.29 is 4.42 Å². The van der Waals surface area contributed by atoms with E-state index in [0.29, 0.717) is 23.8 Å². The van der Waals surface area contributed by atoms with Crippen molar-refractivity contribution in [3.8, 4) is 0 Å². The van der Waals surface area contributed by atoms with Gasteiger partial charge in [0.15, 0.2) is 5.58 Å². The summed E-state index contributed by atoms with van der Waals surface area (Å²) in [4.78, 5) is 4.35. The minimum absolute atomic E-state index is 0.515. The number of hydrogen-bond donors (Lipinski definition) is 2. The second kappa shape index (κ2) is 4.65. The molecule has 19 heavy (non-hydrogen) atoms. The highest BCUT2D eigenvalue weighted by atomic mass is 16.4. The average Bonchev–Trinajstić information content (AvgIpc) is 2.80. The van der Waals surface area contributed by atoms with E-state index < -0.39 is 0 Å². The van der Waals surface area contributed by atoms with Crippen molar-refractivity contribution in [1.29, 1.82) is 0 Å². The molecule has 0 aliphatic rings. The maximum absolute atomic E-state index is 5.70. The summed E-state index contributed by atoms with van der Waals surface area (Å²) < 4.78 is 5.59. The fraction of sp³-hybridized carbons (Fsp3) is 0.133. The molecule has 96 valence electrons. The third-order valence-corrected chi connectivity index (χ3v) is 2.98. The molecule has 0 aliphatic carbocycles. The van der Waals surface area contributed by atoms with Gasteiger partial charge in [-0.05, 0) is 24.6 Å². The predicted molar refractivity (Wildman–Crippen MR) is 76.9 cm³/mol. The molecule has 4 heteroatoms. The summed E-state index contributed by atoms with van der Waals surface area (Å²) in [5.41, 5.74) is 10.3. The van der Waals surface area contributed by atoms with Gasteiger partial charge in [-0.15, -0.1) is 0 Å². The number of hydrogen-bond acceptors (Lipinski definition) is 4. The smallest absolute Gasteiger partial charge is 0.295 e. The van der Waals surface area contributed by atoms with Crippen LogP contribution in [0.5, 0.6) is 0 Å². The van der Waals surface area contributed by atoms with Gasteiger partial charge in [0.1, 0.15) is 5.52 Å². The Morgan fingerprint density at radius 2 is 1.95 bits per heavy atom. The molecule has 2 aromatic carbocycles. The van der Waals surface area contributed by atoms with Crippen LogP contribution in [0.25, 0.3) is 11.1 Å². The number of nitrogen functional groups attached to an aromatic ring is 1. The molecule has 0 fully saturated rings. The largest absolute Gasteiger partial charge is 0.423 e. The van der Waals surface area contributed by atoms with E-state index in [2.05, 4.69) is 41.5 Å². The summed E-state index contributed by atoms with van der Waals surface area (Å²) in [6.45, 7) is 2.75. The second-order valence-electron chi connectivity index (χ2n) is 4.59. The predicted octanol–water partition coefficient (Wildman–Crippen LogP) is 3.33. The summed E-state index contributed by atoms with van der Waals surface area (Å²) in [5.74, 6) is 0. The summed E-state index contributed by atoms with van der Waals surface area (Å²) >= 11 is 0. The van der Waals surface area contributed by atoms with E-state index in [9.17, 15) is 0 Å². The Kier molecular flexibility index (Phi) is 2.83. The molecule has 3 rings (SSSR count). The lowest BCUT2D eigenvalue weighted by molar-refractivity contribution is 0.614. The van der Waals surface area contributed by atoms with Crippen molar-refractivity contribution in [3.63, 3.8) is 0 Å². The van der Waals surface area contributed by atoms with E-state index in [-0.39, 0.29) is 0 Å². The topological polar surface area (TPSA) is 64.1 Å². The first-order valence-corrected chi connectivity index (χ1v) is 6.16. The minimum Gasteiger partial charge on any atom is -0.423 e. The van der Waals surface area contributed by atoms with Crippen molar-refractivity contribution in [2.75, 3.05) is 11.1 Å². The van der Waals surface area contributed by atoms with Gasteiger partial charge in [0.25, 0.3) is 6.01 Å². The van der Waals surface area contributed by atoms with Crippen molar-refractivity contribution in [3.05, 3.63) is 53.6 Å². The van der Waals surface area contributed by atoms with Crippen LogP contribution in [0.15, 0.2) is 46.9 Å². The van der Waals surface area contributed by atoms with Gasteiger partial charge in [0.05, 0.1) is 0 Å². The Bertz CT molecular complexity index is 701. The molecule has 0 aliphatic heterocycles. The first kappa shape index (κ1) is 11.6. The Balaban J connectivity index is 1.76. The highest BCUT2D eigenvalue weighted by Gasteiger charge is 2.05. The zero-order valence-corrected chi connectivity index (χ0v) is 10.7. The number of nitrogens with one attached hydrogen (secondary N) is 1. The quantitative estimate of drug-likeness (QED) is 0.703. The number of anilines is 2. The highest BCUT2D eigenvalue weighted by Crippen LogP contribution is 2.21. The fourth-order valence-electron chi connectivity index (χ4n) is 1.90. The van der Waals surface area contributed by atoms with Crippen molar-refractivity contribution in [2.45, 2.75) is 13.5 Å². The maximum Gasteiger partial charge on any atom is 0.295 e. The van der Waals surface area contributed by atoms with E-state index in [1.807, 2.05) is 12.1 Å². The minimum atomic E-state index is 0.515. The lowest BCUT2D eigenvalue weighted by Crippen LogP contribution is -1.99. The molecule has 0 atom stereocenters. The molecule has 3 aromatic rings. The Labute approximate surface area is 111 Å². The monoisotopic (exact) mass is 253 g/mol. The third kappa shape index (κ3) is 2.52. The van der Waals surface area contributed by atoms with Crippen LogP contribution < -0.4 is 11.1 Å². The lowest BCUT2D eigenvalue weighted by atomic mass is 10.1. The number of aromatic nitrogens is 1. The first-order valence-electron chi connectivity index (χ1n) is 6.16. The fourth-order valence-corrected chi connectivity index (χ4v) is 1.90. The Morgan fingerprint density at radius 3 is 2.74 bits per heavy atom. The molecular formula is C15H15N3O. The van der Waals surface area contributed by atoms with Gasteiger partial charge >= 0.3 is 0 Å². The average molecular weight is 253 g/mol. The van der Waals surface area contributed by atoms with Crippen LogP contribution in [0.4, 0.5) is 11.7 Å². The molecular weight excluding hydrogens is 238 g/mol. The molecule has 4 nitrogen and oxygen atoms in total. The molecule has 0 saturated heterocycles. The van der Waals surface area contributed by atoms with Crippen LogP contribution >= 0.6 is 0 Å². The molecule has 0 saturated carbocycles. The number of nitrogens with zero attached hydrogens (tertiary/aromatic N) is 1. The van der Waals surface area contributed by atoms with Gasteiger partial charge in [-0.1, -0.05) is 29.8 Å². The van der Waals surface area contributed by atoms with Gasteiger partial charge in [0.2, 0.25) is 0 Å². The number of fused-ring (bicyclic) bond motifs is 1. The van der Waals surface area contributed by atoms with Crippen molar-refractivity contribution in [2.24, 2.45) is 0 Å². The van der Waals surface area contributed by atoms with Crippen LogP contribution in [0.2, 0.25) is 0 Å². The first-order chi connectivity index (χ1) is 9.20. The molecule has 0 bridgehead atoms. The molecule has 1 heterocycles. The molecule has 0 unspecified atom stereocenters. The summed E-state index contributed by atoms with van der Waals surface area (Å²) in [7, 11) is 0. The second-order valence-corrected chi connectivity index (χ2v) is 4.59. The van der Waals surface area contributed by atoms with Crippen molar-refractivity contribution >= 4 is 22.8 Å². The van der Waals surface area contributed by atoms with Crippen LogP contribution in [-0.4, -0.2) is 4.98 Å². The van der Waals surface area contributed by atoms with Gasteiger partial charge in [-0.25, -0.2) is 0 Å². The van der Waals surface area contributed by atoms with Gasteiger partial charge in [-0.3, -0.25) is 0 Å². The lowest BCUT2D eigenvalue weighted by Gasteiger charge is -2.02. The van der Waals surface area contributed by atoms with Crippen LogP contribution in [0, 0.1) is 6.92 Å². The molecule has 1 aromatic heterocycles. The third-order valence-electron chi connectivity index (χ3n) is 2.98. The van der Waals surface area contributed by atoms with Gasteiger partial charge in [-0.2, -0.15) is 4.98 Å². The Morgan fingerprint density at radius 1 is 1.16 bits per heavy atom. The summed E-state index contributed by atoms with van der Waals surface area (Å²) in [6, 6.07) is 14.3. The molecule has 3 N–H and O–H groups in total. The molecule has 0 spiro atoms. The Hall–Kier alpha value is -2.49. The number of benzene rings is 2. The van der Waals surface area contributed by atoms with E-state index >= 15 is 0 Å². The normalized spacial score (nSPS) is 10.8. The molecule has 0 radical (unpaired) electrons. The van der Waals surface area contributed by atoms with E-state index in [1.165, 1.54) is 11.1 Å². The van der Waals surface area contributed by atoms with Gasteiger partial charge in [0, 0.05) is 18.3 Å².